The Morgan fingerprint density at radius 2 is 1.09 bits per heavy atom. The normalized spacial score (nSPS) is 13.1. The van der Waals surface area contributed by atoms with Crippen molar-refractivity contribution in [1.29, 1.82) is 0 Å². The topological polar surface area (TPSA) is 388 Å². The maximum Gasteiger partial charge on any atom is 0.387 e. The van der Waals surface area contributed by atoms with E-state index >= 15 is 0 Å². The van der Waals surface area contributed by atoms with E-state index in [-0.39, 0.29) is 109 Å². The van der Waals surface area contributed by atoms with E-state index in [9.17, 15) is 68.0 Å². The minimum absolute atomic E-state index is 0.00424. The number of likely N-dealkylation sites (N-methyl/N-ethyl adjacent to an activating group) is 1. The Morgan fingerprint density at radius 1 is 0.660 bits per heavy atom. The number of hydrogen-bond acceptors (Lipinski definition) is 27. The van der Waals surface area contributed by atoms with E-state index in [4.69, 9.17) is 75.3 Å². The number of thiol groups is 1. The van der Waals surface area contributed by atoms with E-state index in [2.05, 4.69) is 33.5 Å². The molecule has 2 fully saturated rings. The van der Waals surface area contributed by atoms with Crippen molar-refractivity contribution in [2.75, 3.05) is 97.3 Å². The lowest BCUT2D eigenvalue weighted by atomic mass is 10.0. The van der Waals surface area contributed by atoms with Gasteiger partial charge in [-0.3, -0.25) is 24.0 Å². The molecule has 1 saturated carbocycles. The smallest absolute Gasteiger partial charge is 0.387 e. The first-order valence-electron chi connectivity index (χ1n) is 26.5. The quantitative estimate of drug-likeness (QED) is 0.0137. The predicted molar refractivity (Wildman–Crippen MR) is 343 cm³/mol. The van der Waals surface area contributed by atoms with Crippen LogP contribution in [0.3, 0.4) is 0 Å². The number of carbonyl (C=O) groups excluding carboxylic acids is 3. The van der Waals surface area contributed by atoms with Crippen LogP contribution in [0.15, 0.2) is 85.2 Å². The van der Waals surface area contributed by atoms with Crippen LogP contribution in [0.25, 0.3) is 0 Å². The Balaban J connectivity index is 0.000000389. The van der Waals surface area contributed by atoms with Gasteiger partial charge in [-0.15, -0.1) is 0 Å². The molecule has 3 N–H and O–H groups in total. The number of aromatic carboxylic acids is 1. The minimum atomic E-state index is -3.93. The van der Waals surface area contributed by atoms with Gasteiger partial charge in [0.1, 0.15) is 16.1 Å². The van der Waals surface area contributed by atoms with Crippen molar-refractivity contribution in [3.63, 3.8) is 0 Å². The van der Waals surface area contributed by atoms with Crippen LogP contribution in [0.2, 0.25) is 10.0 Å². The monoisotopic (exact) mass is 1480 g/mol. The van der Waals surface area contributed by atoms with E-state index < -0.39 is 82.9 Å². The lowest BCUT2D eigenvalue weighted by Gasteiger charge is -2.21. The van der Waals surface area contributed by atoms with E-state index in [0.29, 0.717) is 33.8 Å². The summed E-state index contributed by atoms with van der Waals surface area (Å²) in [4.78, 5) is 70.3. The van der Waals surface area contributed by atoms with Crippen molar-refractivity contribution in [3.05, 3.63) is 128 Å². The number of rotatable bonds is 26. The van der Waals surface area contributed by atoms with Crippen molar-refractivity contribution in [2.24, 2.45) is 5.92 Å². The van der Waals surface area contributed by atoms with Crippen molar-refractivity contribution < 1.29 is 129 Å². The number of benzene rings is 4. The Kier molecular flexibility index (Phi) is 33.5. The molecule has 1 aliphatic heterocycles. The fraction of sp³-hybridized carbons (Fsp3) is 0.375. The molecule has 0 spiro atoms. The molecule has 2 aliphatic rings. The van der Waals surface area contributed by atoms with Gasteiger partial charge in [0.25, 0.3) is 0 Å². The second-order valence-corrected chi connectivity index (χ2v) is 26.8. The lowest BCUT2D eigenvalue weighted by Crippen LogP contribution is -2.32. The van der Waals surface area contributed by atoms with Gasteiger partial charge in [-0.05, 0) is 92.0 Å². The number of hydrogen-bond donors (Lipinski definition) is 4. The van der Waals surface area contributed by atoms with Gasteiger partial charge in [0, 0.05) is 42.3 Å². The van der Waals surface area contributed by atoms with Gasteiger partial charge in [-0.25, -0.2) is 4.79 Å². The van der Waals surface area contributed by atoms with Crippen LogP contribution < -0.4 is 41.0 Å². The summed E-state index contributed by atoms with van der Waals surface area (Å²) >= 11 is 17.1. The molecule has 0 bridgehead atoms. The summed E-state index contributed by atoms with van der Waals surface area (Å²) in [6.45, 7) is 1.18. The van der Waals surface area contributed by atoms with Gasteiger partial charge in [0.05, 0.1) is 82.7 Å². The van der Waals surface area contributed by atoms with E-state index in [0.717, 1.165) is 82.4 Å². The number of aromatic nitrogens is 1. The minimum Gasteiger partial charge on any atom is -0.619 e. The molecule has 0 amide bonds. The number of morpholine rings is 1. The van der Waals surface area contributed by atoms with Gasteiger partial charge in [0.15, 0.2) is 58.4 Å². The highest BCUT2D eigenvalue weighted by molar-refractivity contribution is 8.14. The Hall–Kier alpha value is -7.29. The summed E-state index contributed by atoms with van der Waals surface area (Å²) in [7, 11) is -5.37. The number of nitrogens with zero attached hydrogens (tertiary/aromatic N) is 2. The first-order chi connectivity index (χ1) is 43.9. The second-order valence-electron chi connectivity index (χ2n) is 19.1. The SMILES string of the molecule is CN1CCOCC1.COc1ccc(C(=O)O)cc1OS(C)(=O)=O.COc1ccc(C(=O)SCC(=O)O)cc1OS(C)(=O)=O.COc1ccc(C(=O)SCC(=O)O[C@@H](Cc2c(Cl)c[n+]([O-])cc2Cl)c2ccc(OC(F)F)c(OCC3CC3)c2)cc1OS(C)(=O)=O.O=C(O)CS. The maximum absolute atomic E-state index is 13.1. The summed E-state index contributed by atoms with van der Waals surface area (Å²) in [5.41, 5.74) is 0.632. The van der Waals surface area contributed by atoms with Crippen LogP contribution in [0.5, 0.6) is 46.0 Å². The van der Waals surface area contributed by atoms with E-state index in [1.165, 1.54) is 82.0 Å². The maximum atomic E-state index is 13.1. The molecular weight excluding hydrogens is 1420 g/mol. The Morgan fingerprint density at radius 3 is 1.46 bits per heavy atom. The van der Waals surface area contributed by atoms with Gasteiger partial charge in [0.2, 0.25) is 10.2 Å². The number of methoxy groups -OCH3 is 3. The molecule has 5 aromatic rings. The molecule has 7 rings (SSSR count). The fourth-order valence-electron chi connectivity index (χ4n) is 7.03. The Labute approximate surface area is 563 Å². The molecule has 2 heterocycles. The van der Waals surface area contributed by atoms with Gasteiger partial charge in [-0.1, -0.05) is 52.8 Å². The molecule has 518 valence electrons. The number of thioether (sulfide) groups is 2. The largest absolute Gasteiger partial charge is 0.619 e. The van der Waals surface area contributed by atoms with Crippen LogP contribution in [-0.4, -0.2) is 184 Å². The third-order valence-corrected chi connectivity index (χ3v) is 15.5. The Bertz CT molecular complexity index is 3770. The number of aliphatic carboxylic acids is 2. The van der Waals surface area contributed by atoms with Crippen LogP contribution in [0.1, 0.15) is 61.1 Å². The zero-order valence-corrected chi connectivity index (χ0v) is 57.2. The van der Waals surface area contributed by atoms with Crippen molar-refractivity contribution in [3.8, 4) is 46.0 Å². The van der Waals surface area contributed by atoms with Crippen LogP contribution in [-0.2, 0) is 60.6 Å². The van der Waals surface area contributed by atoms with E-state index in [1.807, 2.05) is 0 Å². The molecule has 28 nitrogen and oxygen atoms in total. The molecule has 1 saturated heterocycles. The highest BCUT2D eigenvalue weighted by Gasteiger charge is 2.28. The molecule has 0 radical (unpaired) electrons. The average molecular weight is 1480 g/mol. The molecule has 1 aromatic heterocycles. The third kappa shape index (κ3) is 31.3. The first kappa shape index (κ1) is 80.9. The predicted octanol–water partition coefficient (Wildman–Crippen LogP) is 7.44. The number of carbonyl (C=O) groups is 6. The number of carboxylic acid groups (broad SMARTS) is 3. The van der Waals surface area contributed by atoms with Crippen molar-refractivity contribution >= 4 is 124 Å². The standard InChI is InChI=1S/C29H27Cl2F2NO10S2.C11H12O7S2.C9H10O6S.C5H11NO.C2H4O2S/c1-40-22-7-6-18(10-26(22)44-46(2,38)39)28(36)45-15-27(35)42-24(11-19-20(30)12-34(37)13-21(19)31)17-5-8-23(43-29(32)33)25(9-17)41-14-16-3-4-16;1-17-8-4-3-7(11(14)19-6-10(12)13)5-9(8)18-20(2,15)16;1-14-7-4-3-6(9(10)11)5-8(7)15-16(2,12)13;1-6-2-4-7-5-3-6;3-2(4)1-5/h5-10,12-13,16,24,29H,3-4,11,14-15H2,1-2H3;3-5H,6H2,1-2H3,(H,12,13);3-5H,1-2H3,(H,10,11);2-5H2,1H3;5H,1H2,(H,3,4)/t24-;;;;/m0..../s1. The summed E-state index contributed by atoms with van der Waals surface area (Å²) in [6.07, 6.45) is 5.30. The fourth-order valence-corrected chi connectivity index (χ4v) is 10.2. The van der Waals surface area contributed by atoms with Gasteiger partial charge >= 0.3 is 60.8 Å². The lowest BCUT2D eigenvalue weighted by molar-refractivity contribution is -0.605. The summed E-state index contributed by atoms with van der Waals surface area (Å²) in [6, 6.07) is 15.6. The van der Waals surface area contributed by atoms with Crippen LogP contribution in [0.4, 0.5) is 8.78 Å². The number of carboxylic acids is 3. The number of ether oxygens (including phenoxy) is 7. The zero-order valence-electron chi connectivity index (χ0n) is 50.7. The van der Waals surface area contributed by atoms with Crippen LogP contribution in [0, 0.1) is 11.1 Å². The highest BCUT2D eigenvalue weighted by Crippen LogP contribution is 2.39. The number of halogens is 4. The van der Waals surface area contributed by atoms with Crippen LogP contribution >= 0.6 is 59.4 Å². The van der Waals surface area contributed by atoms with Crippen molar-refractivity contribution in [1.82, 2.24) is 4.90 Å². The van der Waals surface area contributed by atoms with E-state index in [1.54, 1.807) is 0 Å². The number of esters is 1. The van der Waals surface area contributed by atoms with Gasteiger partial charge in [-0.2, -0.15) is 51.4 Å². The highest BCUT2D eigenvalue weighted by atomic mass is 35.5. The first-order valence-corrected chi connectivity index (χ1v) is 35.3. The molecule has 94 heavy (non-hydrogen) atoms. The van der Waals surface area contributed by atoms with Crippen molar-refractivity contribution in [2.45, 2.75) is 32.0 Å². The molecule has 0 unspecified atom stereocenters. The molecule has 1 aliphatic carbocycles. The summed E-state index contributed by atoms with van der Waals surface area (Å²) < 4.78 is 144. The average Bonchev–Trinajstić information content (AvgIpc) is 1.18. The molecule has 38 heteroatoms. The third-order valence-electron chi connectivity index (χ3n) is 11.4. The number of pyridine rings is 1. The molecule has 1 atom stereocenters. The zero-order chi connectivity index (χ0) is 70.7. The summed E-state index contributed by atoms with van der Waals surface area (Å²) in [5.74, 6) is -5.02. The summed E-state index contributed by atoms with van der Waals surface area (Å²) in [5, 5.41) is 35.5. The van der Waals surface area contributed by atoms with Gasteiger partial charge < -0.3 is 71.1 Å². The molecule has 4 aromatic carbocycles. The number of alkyl halides is 2. The molecular formula is C56H64Cl2F2N2O26S6. The second kappa shape index (κ2) is 38.9.